The molecule has 0 fully saturated rings. The van der Waals surface area contributed by atoms with Crippen LogP contribution < -0.4 is 4.74 Å². The first kappa shape index (κ1) is 17.2. The summed E-state index contributed by atoms with van der Waals surface area (Å²) in [5.41, 5.74) is 0.702. The molecule has 0 radical (unpaired) electrons. The molecule has 0 saturated heterocycles. The summed E-state index contributed by atoms with van der Waals surface area (Å²) in [4.78, 5) is 0. The number of rotatable bonds is 7. The molecule has 1 aromatic heterocycles. The van der Waals surface area contributed by atoms with Gasteiger partial charge in [-0.1, -0.05) is 45.2 Å². The molecule has 128 valence electrons. The summed E-state index contributed by atoms with van der Waals surface area (Å²) in [5.74, 6) is -0.318. The van der Waals surface area contributed by atoms with Crippen LogP contribution in [0.3, 0.4) is 0 Å². The van der Waals surface area contributed by atoms with Crippen LogP contribution in [0.2, 0.25) is 0 Å². The zero-order chi connectivity index (χ0) is 17.1. The van der Waals surface area contributed by atoms with Gasteiger partial charge in [-0.15, -0.1) is 11.3 Å². The molecule has 0 spiro atoms. The molecular weight excluding hydrogens is 326 g/mol. The van der Waals surface area contributed by atoms with Crippen molar-refractivity contribution in [1.82, 2.24) is 0 Å². The summed E-state index contributed by atoms with van der Waals surface area (Å²) in [7, 11) is 0. The van der Waals surface area contributed by atoms with Gasteiger partial charge in [0.1, 0.15) is 5.82 Å². The molecule has 2 aromatic carbocycles. The van der Waals surface area contributed by atoms with Gasteiger partial charge in [0.25, 0.3) is 0 Å². The quantitative estimate of drug-likeness (QED) is 0.424. The Morgan fingerprint density at radius 2 is 1.58 bits per heavy atom. The van der Waals surface area contributed by atoms with Crippen LogP contribution in [0.25, 0.3) is 20.2 Å². The highest BCUT2D eigenvalue weighted by Crippen LogP contribution is 2.40. The highest BCUT2D eigenvalue weighted by atomic mass is 32.1. The van der Waals surface area contributed by atoms with Gasteiger partial charge < -0.3 is 4.74 Å². The molecular formula is C20H22F2OS. The van der Waals surface area contributed by atoms with Crippen LogP contribution in [0, 0.1) is 11.6 Å². The van der Waals surface area contributed by atoms with Crippen LogP contribution in [0.1, 0.15) is 45.1 Å². The Balaban J connectivity index is 2.01. The van der Waals surface area contributed by atoms with E-state index in [0.29, 0.717) is 28.0 Å². The standard InChI is InChI=1S/C20H22F2OS/c1-3-5-6-12-23-16-11-10-15-14-9-8-13(7-4-2)17(21)19(14)24-20(15)18(16)22/h8-11H,3-7,12H2,1-2H3. The largest absolute Gasteiger partial charge is 0.490 e. The normalized spacial score (nSPS) is 11.5. The summed E-state index contributed by atoms with van der Waals surface area (Å²) < 4.78 is 36.0. The third kappa shape index (κ3) is 3.12. The Morgan fingerprint density at radius 3 is 2.29 bits per heavy atom. The van der Waals surface area contributed by atoms with Crippen molar-refractivity contribution in [2.45, 2.75) is 46.0 Å². The summed E-state index contributed by atoms with van der Waals surface area (Å²) in [6.45, 7) is 4.65. The Bertz CT molecular complexity index is 854. The van der Waals surface area contributed by atoms with Gasteiger partial charge in [0, 0.05) is 10.8 Å². The Kier molecular flexibility index (Phi) is 5.34. The van der Waals surface area contributed by atoms with Crippen LogP contribution in [0.4, 0.5) is 8.78 Å². The molecule has 0 amide bonds. The van der Waals surface area contributed by atoms with E-state index in [2.05, 4.69) is 6.92 Å². The fourth-order valence-corrected chi connectivity index (χ4v) is 4.16. The van der Waals surface area contributed by atoms with E-state index in [1.54, 1.807) is 6.07 Å². The van der Waals surface area contributed by atoms with Crippen LogP contribution >= 0.6 is 11.3 Å². The summed E-state index contributed by atoms with van der Waals surface area (Å²) in [5, 5.41) is 1.54. The van der Waals surface area contributed by atoms with E-state index < -0.39 is 0 Å². The molecule has 0 aliphatic carbocycles. The van der Waals surface area contributed by atoms with Gasteiger partial charge in [0.2, 0.25) is 0 Å². The minimum absolute atomic E-state index is 0.208. The maximum absolute atomic E-state index is 14.8. The summed E-state index contributed by atoms with van der Waals surface area (Å²) >= 11 is 1.18. The highest BCUT2D eigenvalue weighted by Gasteiger charge is 2.17. The maximum Gasteiger partial charge on any atom is 0.182 e. The second-order valence-electron chi connectivity index (χ2n) is 6.08. The number of hydrogen-bond acceptors (Lipinski definition) is 2. The van der Waals surface area contributed by atoms with Crippen molar-refractivity contribution in [3.8, 4) is 5.75 Å². The number of thiophene rings is 1. The molecule has 4 heteroatoms. The number of ether oxygens (including phenoxy) is 1. The summed E-state index contributed by atoms with van der Waals surface area (Å²) in [6, 6.07) is 7.23. The van der Waals surface area contributed by atoms with E-state index in [4.69, 9.17) is 4.74 Å². The lowest BCUT2D eigenvalue weighted by Gasteiger charge is -2.07. The molecule has 3 aromatic rings. The van der Waals surface area contributed by atoms with E-state index in [-0.39, 0.29) is 17.4 Å². The van der Waals surface area contributed by atoms with Crippen molar-refractivity contribution >= 4 is 31.5 Å². The molecule has 0 bridgehead atoms. The number of fused-ring (bicyclic) bond motifs is 3. The van der Waals surface area contributed by atoms with Crippen molar-refractivity contribution in [3.63, 3.8) is 0 Å². The van der Waals surface area contributed by atoms with Gasteiger partial charge in [-0.3, -0.25) is 0 Å². The highest BCUT2D eigenvalue weighted by molar-refractivity contribution is 7.25. The monoisotopic (exact) mass is 348 g/mol. The number of aryl methyl sites for hydroxylation is 1. The number of halogens is 2. The minimum Gasteiger partial charge on any atom is -0.490 e. The summed E-state index contributed by atoms with van der Waals surface area (Å²) in [6.07, 6.45) is 4.66. The van der Waals surface area contributed by atoms with Gasteiger partial charge in [-0.2, -0.15) is 0 Å². The zero-order valence-electron chi connectivity index (χ0n) is 14.1. The lowest BCUT2D eigenvalue weighted by molar-refractivity contribution is 0.293. The number of benzene rings is 2. The van der Waals surface area contributed by atoms with Gasteiger partial charge >= 0.3 is 0 Å². The molecule has 0 saturated carbocycles. The van der Waals surface area contributed by atoms with E-state index in [1.807, 2.05) is 25.1 Å². The predicted octanol–water partition coefficient (Wildman–Crippen LogP) is 6.85. The molecule has 1 heterocycles. The van der Waals surface area contributed by atoms with Gasteiger partial charge in [0.05, 0.1) is 16.0 Å². The van der Waals surface area contributed by atoms with Crippen molar-refractivity contribution in [2.24, 2.45) is 0 Å². The third-order valence-electron chi connectivity index (χ3n) is 4.26. The van der Waals surface area contributed by atoms with Crippen LogP contribution in [-0.2, 0) is 6.42 Å². The predicted molar refractivity (Wildman–Crippen MR) is 98.3 cm³/mol. The molecule has 0 atom stereocenters. The fourth-order valence-electron chi connectivity index (χ4n) is 2.97. The molecule has 0 unspecified atom stereocenters. The first-order valence-electron chi connectivity index (χ1n) is 8.62. The first-order chi connectivity index (χ1) is 11.7. The van der Waals surface area contributed by atoms with Crippen LogP contribution in [0.5, 0.6) is 5.75 Å². The van der Waals surface area contributed by atoms with E-state index in [9.17, 15) is 8.78 Å². The molecule has 0 N–H and O–H groups in total. The molecule has 3 rings (SSSR count). The van der Waals surface area contributed by atoms with E-state index in [1.165, 1.54) is 11.3 Å². The van der Waals surface area contributed by atoms with Crippen molar-refractivity contribution in [1.29, 1.82) is 0 Å². The second-order valence-corrected chi connectivity index (χ2v) is 7.10. The Hall–Kier alpha value is -1.68. The lowest BCUT2D eigenvalue weighted by atomic mass is 10.1. The fraction of sp³-hybridized carbons (Fsp3) is 0.400. The van der Waals surface area contributed by atoms with E-state index in [0.717, 1.165) is 36.5 Å². The average molecular weight is 348 g/mol. The van der Waals surface area contributed by atoms with Crippen LogP contribution in [0.15, 0.2) is 24.3 Å². The zero-order valence-corrected chi connectivity index (χ0v) is 14.9. The first-order valence-corrected chi connectivity index (χ1v) is 9.43. The average Bonchev–Trinajstić information content (AvgIpc) is 2.96. The molecule has 1 nitrogen and oxygen atoms in total. The second kappa shape index (κ2) is 7.47. The Morgan fingerprint density at radius 1 is 0.875 bits per heavy atom. The molecule has 0 aliphatic rings. The molecule has 24 heavy (non-hydrogen) atoms. The molecule has 0 aliphatic heterocycles. The minimum atomic E-state index is -0.373. The van der Waals surface area contributed by atoms with Crippen molar-refractivity contribution < 1.29 is 13.5 Å². The van der Waals surface area contributed by atoms with Crippen molar-refractivity contribution in [3.05, 3.63) is 41.5 Å². The third-order valence-corrected chi connectivity index (χ3v) is 5.46. The van der Waals surface area contributed by atoms with Gasteiger partial charge in [-0.05, 0) is 30.5 Å². The number of hydrogen-bond donors (Lipinski definition) is 0. The lowest BCUT2D eigenvalue weighted by Crippen LogP contribution is -1.98. The smallest absolute Gasteiger partial charge is 0.182 e. The van der Waals surface area contributed by atoms with Gasteiger partial charge in [-0.25, -0.2) is 8.78 Å². The maximum atomic E-state index is 14.8. The number of unbranched alkanes of at least 4 members (excludes halogenated alkanes) is 2. The van der Waals surface area contributed by atoms with Crippen LogP contribution in [-0.4, -0.2) is 6.61 Å². The van der Waals surface area contributed by atoms with E-state index >= 15 is 0 Å². The van der Waals surface area contributed by atoms with Gasteiger partial charge in [0.15, 0.2) is 11.6 Å². The Labute approximate surface area is 145 Å². The SMILES string of the molecule is CCCCCOc1ccc2c(sc3c(F)c(CCC)ccc32)c1F. The topological polar surface area (TPSA) is 9.23 Å². The van der Waals surface area contributed by atoms with Crippen molar-refractivity contribution in [2.75, 3.05) is 6.61 Å².